The van der Waals surface area contributed by atoms with Gasteiger partial charge in [0.25, 0.3) is 0 Å². The molecule has 5 heteroatoms. The SMILES string of the molecule is Cc1nn(C)c(C)c1CNC(C)c1ccn[nH]1. The van der Waals surface area contributed by atoms with Crippen LogP contribution < -0.4 is 5.32 Å². The molecule has 0 saturated carbocycles. The number of rotatable bonds is 4. The summed E-state index contributed by atoms with van der Waals surface area (Å²) in [6, 6.07) is 2.25. The van der Waals surface area contributed by atoms with Gasteiger partial charge in [0.15, 0.2) is 0 Å². The van der Waals surface area contributed by atoms with E-state index in [-0.39, 0.29) is 6.04 Å². The van der Waals surface area contributed by atoms with Crippen molar-refractivity contribution in [3.05, 3.63) is 34.9 Å². The Labute approximate surface area is 101 Å². The van der Waals surface area contributed by atoms with E-state index in [1.54, 1.807) is 6.20 Å². The van der Waals surface area contributed by atoms with E-state index in [2.05, 4.69) is 34.5 Å². The van der Waals surface area contributed by atoms with E-state index < -0.39 is 0 Å². The maximum atomic E-state index is 4.41. The third-order valence-corrected chi connectivity index (χ3v) is 3.23. The lowest BCUT2D eigenvalue weighted by Crippen LogP contribution is -2.19. The van der Waals surface area contributed by atoms with E-state index >= 15 is 0 Å². The van der Waals surface area contributed by atoms with Crippen molar-refractivity contribution in [1.29, 1.82) is 0 Å². The number of hydrogen-bond acceptors (Lipinski definition) is 3. The van der Waals surface area contributed by atoms with Gasteiger partial charge in [-0.2, -0.15) is 10.2 Å². The Hall–Kier alpha value is -1.62. The zero-order chi connectivity index (χ0) is 12.4. The van der Waals surface area contributed by atoms with Crippen LogP contribution in [0.3, 0.4) is 0 Å². The highest BCUT2D eigenvalue weighted by atomic mass is 15.3. The van der Waals surface area contributed by atoms with E-state index in [1.165, 1.54) is 11.3 Å². The predicted molar refractivity (Wildman–Crippen MR) is 66.5 cm³/mol. The van der Waals surface area contributed by atoms with Crippen molar-refractivity contribution in [3.63, 3.8) is 0 Å². The topological polar surface area (TPSA) is 58.5 Å². The number of aromatic amines is 1. The first-order valence-electron chi connectivity index (χ1n) is 5.81. The molecule has 0 aliphatic carbocycles. The predicted octanol–water partition coefficient (Wildman–Crippen LogP) is 1.61. The molecule has 0 saturated heterocycles. The first-order chi connectivity index (χ1) is 8.09. The standard InChI is InChI=1S/C12H19N5/c1-8-11(10(3)17(4)16-8)7-13-9(2)12-5-6-14-15-12/h5-6,9,13H,7H2,1-4H3,(H,14,15). The van der Waals surface area contributed by atoms with Crippen LogP contribution in [-0.4, -0.2) is 20.0 Å². The highest BCUT2D eigenvalue weighted by molar-refractivity contribution is 5.24. The van der Waals surface area contributed by atoms with E-state index in [0.29, 0.717) is 0 Å². The van der Waals surface area contributed by atoms with E-state index in [9.17, 15) is 0 Å². The molecule has 2 heterocycles. The van der Waals surface area contributed by atoms with Gasteiger partial charge in [0.1, 0.15) is 0 Å². The summed E-state index contributed by atoms with van der Waals surface area (Å²) in [6.07, 6.45) is 1.77. The molecule has 92 valence electrons. The molecule has 0 aliphatic heterocycles. The average molecular weight is 233 g/mol. The summed E-state index contributed by atoms with van der Waals surface area (Å²) in [5, 5.41) is 14.8. The van der Waals surface area contributed by atoms with Crippen LogP contribution in [0.15, 0.2) is 12.3 Å². The Morgan fingerprint density at radius 3 is 2.76 bits per heavy atom. The summed E-state index contributed by atoms with van der Waals surface area (Å²) in [5.41, 5.74) is 4.68. The monoisotopic (exact) mass is 233 g/mol. The molecule has 0 aliphatic rings. The van der Waals surface area contributed by atoms with Gasteiger partial charge in [0.2, 0.25) is 0 Å². The highest BCUT2D eigenvalue weighted by Gasteiger charge is 2.11. The molecule has 2 aromatic rings. The molecule has 2 N–H and O–H groups in total. The Bertz CT molecular complexity index is 483. The van der Waals surface area contributed by atoms with Gasteiger partial charge in [-0.15, -0.1) is 0 Å². The Morgan fingerprint density at radius 2 is 2.24 bits per heavy atom. The van der Waals surface area contributed by atoms with Crippen LogP contribution >= 0.6 is 0 Å². The summed E-state index contributed by atoms with van der Waals surface area (Å²) in [4.78, 5) is 0. The molecule has 2 aromatic heterocycles. The van der Waals surface area contributed by atoms with Gasteiger partial charge in [-0.05, 0) is 26.8 Å². The van der Waals surface area contributed by atoms with Gasteiger partial charge in [-0.3, -0.25) is 9.78 Å². The normalized spacial score (nSPS) is 12.9. The molecule has 2 rings (SSSR count). The summed E-state index contributed by atoms with van der Waals surface area (Å²) in [7, 11) is 1.98. The van der Waals surface area contributed by atoms with Gasteiger partial charge < -0.3 is 5.32 Å². The fraction of sp³-hybridized carbons (Fsp3) is 0.500. The lowest BCUT2D eigenvalue weighted by molar-refractivity contribution is 0.557. The second-order valence-corrected chi connectivity index (χ2v) is 4.39. The highest BCUT2D eigenvalue weighted by Crippen LogP contribution is 2.14. The van der Waals surface area contributed by atoms with Crippen LogP contribution in [0.5, 0.6) is 0 Å². The zero-order valence-corrected chi connectivity index (χ0v) is 10.8. The van der Waals surface area contributed by atoms with Crippen molar-refractivity contribution in [2.24, 2.45) is 7.05 Å². The van der Waals surface area contributed by atoms with Gasteiger partial charge in [0.05, 0.1) is 11.4 Å². The molecular weight excluding hydrogens is 214 g/mol. The smallest absolute Gasteiger partial charge is 0.0641 e. The molecule has 5 nitrogen and oxygen atoms in total. The number of aromatic nitrogens is 4. The van der Waals surface area contributed by atoms with Crippen molar-refractivity contribution < 1.29 is 0 Å². The molecule has 0 aromatic carbocycles. The first kappa shape index (κ1) is 11.9. The summed E-state index contributed by atoms with van der Waals surface area (Å²) in [6.45, 7) is 7.09. The third-order valence-electron chi connectivity index (χ3n) is 3.23. The summed E-state index contributed by atoms with van der Waals surface area (Å²) in [5.74, 6) is 0. The van der Waals surface area contributed by atoms with Crippen molar-refractivity contribution in [2.45, 2.75) is 33.4 Å². The number of nitrogens with zero attached hydrogens (tertiary/aromatic N) is 3. The van der Waals surface area contributed by atoms with Gasteiger partial charge in [-0.1, -0.05) is 0 Å². The lowest BCUT2D eigenvalue weighted by atomic mass is 10.1. The number of H-pyrrole nitrogens is 1. The Kier molecular flexibility index (Phi) is 3.28. The van der Waals surface area contributed by atoms with Gasteiger partial charge in [-0.25, -0.2) is 0 Å². The zero-order valence-electron chi connectivity index (χ0n) is 10.8. The Balaban J connectivity index is 2.03. The molecule has 1 unspecified atom stereocenters. The molecule has 0 fully saturated rings. The summed E-state index contributed by atoms with van der Waals surface area (Å²) < 4.78 is 1.92. The molecule has 17 heavy (non-hydrogen) atoms. The van der Waals surface area contributed by atoms with Crippen LogP contribution in [0.2, 0.25) is 0 Å². The van der Waals surface area contributed by atoms with Crippen LogP contribution in [0.25, 0.3) is 0 Å². The lowest BCUT2D eigenvalue weighted by Gasteiger charge is -2.12. The van der Waals surface area contributed by atoms with E-state index in [0.717, 1.165) is 17.9 Å². The minimum atomic E-state index is 0.261. The van der Waals surface area contributed by atoms with E-state index in [1.807, 2.05) is 24.7 Å². The minimum Gasteiger partial charge on any atom is -0.305 e. The van der Waals surface area contributed by atoms with Crippen LogP contribution in [0.4, 0.5) is 0 Å². The number of hydrogen-bond donors (Lipinski definition) is 2. The molecule has 0 bridgehead atoms. The number of aryl methyl sites for hydroxylation is 2. The second-order valence-electron chi connectivity index (χ2n) is 4.39. The van der Waals surface area contributed by atoms with Crippen LogP contribution in [0, 0.1) is 13.8 Å². The molecule has 0 amide bonds. The fourth-order valence-electron chi connectivity index (χ4n) is 1.95. The van der Waals surface area contributed by atoms with Crippen molar-refractivity contribution in [2.75, 3.05) is 0 Å². The largest absolute Gasteiger partial charge is 0.305 e. The molecule has 0 radical (unpaired) electrons. The third kappa shape index (κ3) is 2.39. The molecule has 0 spiro atoms. The molecular formula is C12H19N5. The van der Waals surface area contributed by atoms with Gasteiger partial charge >= 0.3 is 0 Å². The fourth-order valence-corrected chi connectivity index (χ4v) is 1.95. The first-order valence-corrected chi connectivity index (χ1v) is 5.81. The average Bonchev–Trinajstić information content (AvgIpc) is 2.88. The summed E-state index contributed by atoms with van der Waals surface area (Å²) >= 11 is 0. The Morgan fingerprint density at radius 1 is 1.47 bits per heavy atom. The van der Waals surface area contributed by atoms with Crippen molar-refractivity contribution in [3.8, 4) is 0 Å². The van der Waals surface area contributed by atoms with Crippen molar-refractivity contribution in [1.82, 2.24) is 25.3 Å². The van der Waals surface area contributed by atoms with Crippen molar-refractivity contribution >= 4 is 0 Å². The quantitative estimate of drug-likeness (QED) is 0.843. The maximum absolute atomic E-state index is 4.41. The van der Waals surface area contributed by atoms with Crippen LogP contribution in [0.1, 0.15) is 35.6 Å². The second kappa shape index (κ2) is 4.71. The maximum Gasteiger partial charge on any atom is 0.0641 e. The minimum absolute atomic E-state index is 0.261. The van der Waals surface area contributed by atoms with Gasteiger partial charge in [0, 0.05) is 37.1 Å². The van der Waals surface area contributed by atoms with E-state index in [4.69, 9.17) is 0 Å². The molecule has 1 atom stereocenters. The van der Waals surface area contributed by atoms with Crippen LogP contribution in [-0.2, 0) is 13.6 Å². The number of nitrogens with one attached hydrogen (secondary N) is 2.